The Morgan fingerprint density at radius 1 is 1.12 bits per heavy atom. The number of aromatic nitrogens is 2. The highest BCUT2D eigenvalue weighted by Crippen LogP contribution is 2.16. The van der Waals surface area contributed by atoms with E-state index in [9.17, 15) is 0 Å². The van der Waals surface area contributed by atoms with Gasteiger partial charge in [-0.15, -0.1) is 24.0 Å². The molecule has 26 heavy (non-hydrogen) atoms. The van der Waals surface area contributed by atoms with Crippen molar-refractivity contribution in [2.24, 2.45) is 12.0 Å². The molecule has 2 aromatic carbocycles. The van der Waals surface area contributed by atoms with E-state index in [4.69, 9.17) is 11.6 Å². The molecule has 138 valence electrons. The molecular weight excluding hydrogens is 461 g/mol. The van der Waals surface area contributed by atoms with Gasteiger partial charge < -0.3 is 15.2 Å². The largest absolute Gasteiger partial charge is 0.357 e. The molecule has 0 spiro atoms. The molecule has 3 aromatic rings. The Labute approximate surface area is 175 Å². The zero-order valence-electron chi connectivity index (χ0n) is 14.9. The van der Waals surface area contributed by atoms with Crippen LogP contribution < -0.4 is 10.6 Å². The zero-order valence-corrected chi connectivity index (χ0v) is 18.0. The second-order valence-electron chi connectivity index (χ2n) is 5.72. The van der Waals surface area contributed by atoms with Crippen molar-refractivity contribution in [2.45, 2.75) is 20.0 Å². The molecule has 0 radical (unpaired) electrons. The Hall–Kier alpha value is -1.80. The van der Waals surface area contributed by atoms with Crippen molar-refractivity contribution in [1.29, 1.82) is 0 Å². The first-order chi connectivity index (χ1) is 12.2. The van der Waals surface area contributed by atoms with E-state index in [1.807, 2.05) is 56.4 Å². The molecule has 1 aromatic heterocycles. The van der Waals surface area contributed by atoms with Crippen molar-refractivity contribution in [1.82, 2.24) is 20.2 Å². The number of fused-ring (bicyclic) bond motifs is 1. The van der Waals surface area contributed by atoms with Gasteiger partial charge in [0.1, 0.15) is 5.82 Å². The van der Waals surface area contributed by atoms with E-state index in [1.165, 1.54) is 0 Å². The summed E-state index contributed by atoms with van der Waals surface area (Å²) in [4.78, 5) is 9.29. The number of guanidine groups is 1. The summed E-state index contributed by atoms with van der Waals surface area (Å²) >= 11 is 6.20. The number of aryl methyl sites for hydroxylation is 1. The number of imidazole rings is 1. The predicted octanol–water partition coefficient (Wildman–Crippen LogP) is 4.10. The van der Waals surface area contributed by atoms with Crippen LogP contribution in [0.15, 0.2) is 53.5 Å². The van der Waals surface area contributed by atoms with Crippen LogP contribution in [-0.2, 0) is 20.1 Å². The van der Waals surface area contributed by atoms with Gasteiger partial charge in [0.25, 0.3) is 0 Å². The highest BCUT2D eigenvalue weighted by atomic mass is 127. The molecule has 2 N–H and O–H groups in total. The Morgan fingerprint density at radius 2 is 1.85 bits per heavy atom. The topological polar surface area (TPSA) is 54.2 Å². The van der Waals surface area contributed by atoms with Crippen LogP contribution in [0.2, 0.25) is 5.02 Å². The van der Waals surface area contributed by atoms with Crippen molar-refractivity contribution in [3.05, 3.63) is 64.9 Å². The minimum Gasteiger partial charge on any atom is -0.357 e. The second-order valence-corrected chi connectivity index (χ2v) is 6.12. The normalized spacial score (nSPS) is 11.3. The maximum absolute atomic E-state index is 6.20. The molecule has 0 aliphatic heterocycles. The predicted molar refractivity (Wildman–Crippen MR) is 119 cm³/mol. The summed E-state index contributed by atoms with van der Waals surface area (Å²) in [5, 5.41) is 7.33. The van der Waals surface area contributed by atoms with E-state index < -0.39 is 0 Å². The van der Waals surface area contributed by atoms with E-state index in [0.717, 1.165) is 39.9 Å². The van der Waals surface area contributed by atoms with Crippen LogP contribution >= 0.6 is 35.6 Å². The highest BCUT2D eigenvalue weighted by Gasteiger charge is 2.08. The lowest BCUT2D eigenvalue weighted by atomic mass is 10.2. The number of nitrogens with one attached hydrogen (secondary N) is 2. The van der Waals surface area contributed by atoms with Gasteiger partial charge in [0, 0.05) is 18.6 Å². The smallest absolute Gasteiger partial charge is 0.191 e. The van der Waals surface area contributed by atoms with Gasteiger partial charge >= 0.3 is 0 Å². The molecule has 0 unspecified atom stereocenters. The molecule has 0 fully saturated rings. The van der Waals surface area contributed by atoms with Crippen LogP contribution in [0.1, 0.15) is 18.3 Å². The van der Waals surface area contributed by atoms with Gasteiger partial charge in [-0.05, 0) is 30.7 Å². The van der Waals surface area contributed by atoms with Crippen molar-refractivity contribution in [3.8, 4) is 0 Å². The van der Waals surface area contributed by atoms with Gasteiger partial charge in [0.05, 0.1) is 24.1 Å². The fourth-order valence-corrected chi connectivity index (χ4v) is 2.84. The van der Waals surface area contributed by atoms with E-state index in [0.29, 0.717) is 13.1 Å². The fourth-order valence-electron chi connectivity index (χ4n) is 2.65. The van der Waals surface area contributed by atoms with Crippen LogP contribution in [0.4, 0.5) is 0 Å². The summed E-state index contributed by atoms with van der Waals surface area (Å²) in [6.07, 6.45) is 0. The highest BCUT2D eigenvalue weighted by molar-refractivity contribution is 14.0. The fraction of sp³-hybridized carbons (Fsp3) is 0.263. The lowest BCUT2D eigenvalue weighted by molar-refractivity contribution is 0.738. The molecule has 0 atom stereocenters. The van der Waals surface area contributed by atoms with Gasteiger partial charge in [-0.2, -0.15) is 0 Å². The van der Waals surface area contributed by atoms with E-state index in [2.05, 4.69) is 31.2 Å². The van der Waals surface area contributed by atoms with E-state index in [-0.39, 0.29) is 24.0 Å². The lowest BCUT2D eigenvalue weighted by Gasteiger charge is -2.11. The molecule has 0 saturated carbocycles. The monoisotopic (exact) mass is 483 g/mol. The van der Waals surface area contributed by atoms with Gasteiger partial charge in [0.2, 0.25) is 0 Å². The molecule has 0 saturated heterocycles. The van der Waals surface area contributed by atoms with Crippen molar-refractivity contribution in [2.75, 3.05) is 6.54 Å². The number of nitrogens with zero attached hydrogens (tertiary/aromatic N) is 3. The maximum Gasteiger partial charge on any atom is 0.191 e. The Morgan fingerprint density at radius 3 is 2.58 bits per heavy atom. The van der Waals surface area contributed by atoms with Crippen molar-refractivity contribution < 1.29 is 0 Å². The number of benzene rings is 2. The summed E-state index contributed by atoms with van der Waals surface area (Å²) in [6.45, 7) is 3.95. The first-order valence-corrected chi connectivity index (χ1v) is 8.72. The quantitative estimate of drug-likeness (QED) is 0.326. The average Bonchev–Trinajstić information content (AvgIpc) is 2.95. The number of hydrogen-bond donors (Lipinski definition) is 2. The average molecular weight is 484 g/mol. The minimum atomic E-state index is 0. The number of hydrogen-bond acceptors (Lipinski definition) is 2. The molecule has 0 aliphatic rings. The molecule has 0 aliphatic carbocycles. The van der Waals surface area contributed by atoms with Gasteiger partial charge in [0.15, 0.2) is 5.96 Å². The van der Waals surface area contributed by atoms with Gasteiger partial charge in [-0.3, -0.25) is 0 Å². The zero-order chi connectivity index (χ0) is 17.6. The summed E-state index contributed by atoms with van der Waals surface area (Å²) in [5.74, 6) is 1.71. The number of rotatable bonds is 5. The Balaban J connectivity index is 0.00000243. The van der Waals surface area contributed by atoms with Crippen LogP contribution in [0.5, 0.6) is 0 Å². The number of para-hydroxylation sites is 2. The van der Waals surface area contributed by atoms with Crippen molar-refractivity contribution in [3.63, 3.8) is 0 Å². The first kappa shape index (κ1) is 20.5. The SMILES string of the molecule is CCNC(=NCc1ccccc1Cl)NCc1nc2ccccc2n1C.I. The third-order valence-corrected chi connectivity index (χ3v) is 4.37. The van der Waals surface area contributed by atoms with E-state index in [1.54, 1.807) is 0 Å². The number of halogens is 2. The van der Waals surface area contributed by atoms with Crippen LogP contribution in [-0.4, -0.2) is 22.1 Å². The van der Waals surface area contributed by atoms with Crippen molar-refractivity contribution >= 4 is 52.6 Å². The molecule has 3 rings (SSSR count). The summed E-state index contributed by atoms with van der Waals surface area (Å²) < 4.78 is 2.10. The Kier molecular flexibility index (Phi) is 7.71. The molecule has 0 bridgehead atoms. The summed E-state index contributed by atoms with van der Waals surface area (Å²) in [5.41, 5.74) is 3.13. The van der Waals surface area contributed by atoms with Crippen LogP contribution in [0.25, 0.3) is 11.0 Å². The Bertz CT molecular complexity index is 891. The summed E-state index contributed by atoms with van der Waals surface area (Å²) in [7, 11) is 2.03. The summed E-state index contributed by atoms with van der Waals surface area (Å²) in [6, 6.07) is 15.9. The maximum atomic E-state index is 6.20. The third-order valence-electron chi connectivity index (χ3n) is 4.00. The minimum absolute atomic E-state index is 0. The number of aliphatic imine (C=N–C) groups is 1. The molecular formula is C19H23ClIN5. The molecule has 1 heterocycles. The van der Waals surface area contributed by atoms with E-state index >= 15 is 0 Å². The molecule has 5 nitrogen and oxygen atoms in total. The van der Waals surface area contributed by atoms with Gasteiger partial charge in [-0.25, -0.2) is 9.98 Å². The van der Waals surface area contributed by atoms with Crippen LogP contribution in [0.3, 0.4) is 0 Å². The molecule has 7 heteroatoms. The second kappa shape index (κ2) is 9.78. The molecule has 0 amide bonds. The van der Waals surface area contributed by atoms with Gasteiger partial charge in [-0.1, -0.05) is 41.9 Å². The first-order valence-electron chi connectivity index (χ1n) is 8.35. The third kappa shape index (κ3) is 4.88. The standard InChI is InChI=1S/C19H22ClN5.HI/c1-3-21-19(22-12-14-8-4-5-9-15(14)20)23-13-18-24-16-10-6-7-11-17(16)25(18)2;/h4-11H,3,12-13H2,1-2H3,(H2,21,22,23);1H. The lowest BCUT2D eigenvalue weighted by Crippen LogP contribution is -2.37. The van der Waals surface area contributed by atoms with Crippen LogP contribution in [0, 0.1) is 0 Å².